The molecule has 27 heavy (non-hydrogen) atoms. The second kappa shape index (κ2) is 16.6. The molecule has 1 aromatic rings. The lowest BCUT2D eigenvalue weighted by atomic mass is 10.0. The van der Waals surface area contributed by atoms with Crippen LogP contribution in [0.5, 0.6) is 0 Å². The Balaban J connectivity index is 1.79. The molecule has 0 saturated heterocycles. The fraction of sp³-hybridized carbons (Fsp3) is 0.840. The van der Waals surface area contributed by atoms with Crippen LogP contribution in [0.2, 0.25) is 0 Å². The lowest BCUT2D eigenvalue weighted by Gasteiger charge is -2.29. The van der Waals surface area contributed by atoms with E-state index in [1.54, 1.807) is 0 Å². The molecule has 0 amide bonds. The number of hydrogen-bond acceptors (Lipinski definition) is 1. The molecule has 0 radical (unpaired) electrons. The van der Waals surface area contributed by atoms with E-state index in [2.05, 4.69) is 38.5 Å². The normalized spacial score (nSPS) is 12.0. The third kappa shape index (κ3) is 15.3. The number of hydrogen-bond donors (Lipinski definition) is 0. The molecule has 0 aliphatic rings. The molecule has 1 rings (SSSR count). The van der Waals surface area contributed by atoms with Gasteiger partial charge in [0.2, 0.25) is 0 Å². The largest absolute Gasteiger partial charge is 0.324 e. The van der Waals surface area contributed by atoms with Crippen molar-refractivity contribution >= 4 is 11.3 Å². The van der Waals surface area contributed by atoms with Gasteiger partial charge in [0.25, 0.3) is 0 Å². The molecule has 0 aromatic carbocycles. The number of thiophene rings is 1. The first-order valence-corrected chi connectivity index (χ1v) is 12.9. The molecule has 158 valence electrons. The Hall–Kier alpha value is -0.340. The fourth-order valence-electron chi connectivity index (χ4n) is 3.99. The summed E-state index contributed by atoms with van der Waals surface area (Å²) in [4.78, 5) is 1.52. The van der Waals surface area contributed by atoms with Crippen LogP contribution in [0.4, 0.5) is 0 Å². The van der Waals surface area contributed by atoms with Crippen molar-refractivity contribution in [2.24, 2.45) is 0 Å². The molecule has 1 aromatic heterocycles. The summed E-state index contributed by atoms with van der Waals surface area (Å²) in [6, 6.07) is 4.45. The molecule has 0 bridgehead atoms. The van der Waals surface area contributed by atoms with E-state index in [1.807, 2.05) is 11.3 Å². The number of unbranched alkanes of at least 4 members (excludes halogenated alkanes) is 15. The fourth-order valence-corrected chi connectivity index (χ4v) is 4.90. The van der Waals surface area contributed by atoms with E-state index in [1.165, 1.54) is 121 Å². The molecule has 0 N–H and O–H groups in total. The van der Waals surface area contributed by atoms with Gasteiger partial charge in [0.1, 0.15) is 6.54 Å². The SMILES string of the molecule is CCCCCCCCCCCCCCCCCC[N+](C)(C)Cc1cccs1. The second-order valence-electron chi connectivity index (χ2n) is 9.20. The van der Waals surface area contributed by atoms with Gasteiger partial charge in [-0.05, 0) is 24.3 Å². The number of rotatable bonds is 19. The van der Waals surface area contributed by atoms with Gasteiger partial charge in [0, 0.05) is 0 Å². The summed E-state index contributed by atoms with van der Waals surface area (Å²) in [6.45, 7) is 4.81. The van der Waals surface area contributed by atoms with Gasteiger partial charge in [-0.1, -0.05) is 103 Å². The Morgan fingerprint density at radius 2 is 1.11 bits per heavy atom. The lowest BCUT2D eigenvalue weighted by molar-refractivity contribution is -0.903. The zero-order chi connectivity index (χ0) is 19.6. The first-order valence-electron chi connectivity index (χ1n) is 12.0. The van der Waals surface area contributed by atoms with E-state index >= 15 is 0 Å². The summed E-state index contributed by atoms with van der Waals surface area (Å²) in [5, 5.41) is 2.20. The van der Waals surface area contributed by atoms with E-state index in [0.717, 1.165) is 4.48 Å². The van der Waals surface area contributed by atoms with Crippen LogP contribution in [0.1, 0.15) is 115 Å². The summed E-state index contributed by atoms with van der Waals surface area (Å²) in [6.07, 6.45) is 23.2. The standard InChI is InChI=1S/C25H48NS/c1-4-5-6-7-8-9-10-11-12-13-14-15-16-17-18-19-22-26(2,3)24-25-21-20-23-27-25/h20-21,23H,4-19,22,24H2,1-3H3/q+1. The first kappa shape index (κ1) is 24.7. The third-order valence-electron chi connectivity index (χ3n) is 5.78. The van der Waals surface area contributed by atoms with Gasteiger partial charge in [0.15, 0.2) is 0 Å². The smallest absolute Gasteiger partial charge is 0.113 e. The summed E-state index contributed by atoms with van der Waals surface area (Å²) < 4.78 is 1.14. The minimum absolute atomic E-state index is 1.14. The Kier molecular flexibility index (Phi) is 15.2. The van der Waals surface area contributed by atoms with Crippen LogP contribution >= 0.6 is 11.3 Å². The zero-order valence-electron chi connectivity index (χ0n) is 18.8. The molecule has 1 heterocycles. The zero-order valence-corrected chi connectivity index (χ0v) is 19.6. The van der Waals surface area contributed by atoms with Crippen molar-refractivity contribution in [3.05, 3.63) is 22.4 Å². The topological polar surface area (TPSA) is 0 Å². The second-order valence-corrected chi connectivity index (χ2v) is 10.2. The van der Waals surface area contributed by atoms with Crippen LogP contribution < -0.4 is 0 Å². The highest BCUT2D eigenvalue weighted by atomic mass is 32.1. The maximum absolute atomic E-state index is 2.38. The summed E-state index contributed by atoms with van der Waals surface area (Å²) in [7, 11) is 4.76. The molecule has 0 aliphatic carbocycles. The van der Waals surface area contributed by atoms with Gasteiger partial charge in [0.05, 0.1) is 25.5 Å². The van der Waals surface area contributed by atoms with Gasteiger partial charge >= 0.3 is 0 Å². The average molecular weight is 395 g/mol. The van der Waals surface area contributed by atoms with Gasteiger partial charge < -0.3 is 4.48 Å². The van der Waals surface area contributed by atoms with Gasteiger partial charge in [-0.2, -0.15) is 0 Å². The summed E-state index contributed by atoms with van der Waals surface area (Å²) >= 11 is 1.90. The number of nitrogens with zero attached hydrogens (tertiary/aromatic N) is 1. The van der Waals surface area contributed by atoms with Crippen LogP contribution in [-0.4, -0.2) is 25.1 Å². The molecule has 1 nitrogen and oxygen atoms in total. The molecule has 0 saturated carbocycles. The van der Waals surface area contributed by atoms with Crippen LogP contribution in [0.15, 0.2) is 17.5 Å². The van der Waals surface area contributed by atoms with Crippen molar-refractivity contribution in [2.45, 2.75) is 116 Å². The molecular weight excluding hydrogens is 346 g/mol. The van der Waals surface area contributed by atoms with Crippen molar-refractivity contribution < 1.29 is 4.48 Å². The maximum atomic E-state index is 2.38. The van der Waals surface area contributed by atoms with E-state index in [4.69, 9.17) is 0 Å². The van der Waals surface area contributed by atoms with Crippen molar-refractivity contribution in [1.82, 2.24) is 0 Å². The third-order valence-corrected chi connectivity index (χ3v) is 6.64. The Morgan fingerprint density at radius 3 is 1.52 bits per heavy atom. The minimum Gasteiger partial charge on any atom is -0.324 e. The van der Waals surface area contributed by atoms with Crippen LogP contribution in [0.3, 0.4) is 0 Å². The van der Waals surface area contributed by atoms with E-state index in [-0.39, 0.29) is 0 Å². The lowest BCUT2D eigenvalue weighted by Crippen LogP contribution is -2.39. The predicted molar refractivity (Wildman–Crippen MR) is 125 cm³/mol. The Labute approximate surface area is 175 Å². The van der Waals surface area contributed by atoms with Crippen molar-refractivity contribution in [3.8, 4) is 0 Å². The first-order chi connectivity index (χ1) is 13.1. The highest BCUT2D eigenvalue weighted by Crippen LogP contribution is 2.17. The summed E-state index contributed by atoms with van der Waals surface area (Å²) in [5.41, 5.74) is 0. The average Bonchev–Trinajstić information content (AvgIpc) is 3.13. The Morgan fingerprint density at radius 1 is 0.667 bits per heavy atom. The van der Waals surface area contributed by atoms with E-state index in [9.17, 15) is 0 Å². The van der Waals surface area contributed by atoms with Gasteiger partial charge in [-0.3, -0.25) is 0 Å². The maximum Gasteiger partial charge on any atom is 0.113 e. The molecule has 0 unspecified atom stereocenters. The van der Waals surface area contributed by atoms with Gasteiger partial charge in [-0.15, -0.1) is 11.3 Å². The molecular formula is C25H48NS+. The highest BCUT2D eigenvalue weighted by molar-refractivity contribution is 7.09. The monoisotopic (exact) mass is 394 g/mol. The quantitative estimate of drug-likeness (QED) is 0.163. The molecule has 0 atom stereocenters. The van der Waals surface area contributed by atoms with Gasteiger partial charge in [-0.25, -0.2) is 0 Å². The number of quaternary nitrogens is 1. The van der Waals surface area contributed by atoms with Crippen molar-refractivity contribution in [3.63, 3.8) is 0 Å². The molecule has 0 spiro atoms. The minimum atomic E-state index is 1.14. The van der Waals surface area contributed by atoms with Crippen LogP contribution in [0.25, 0.3) is 0 Å². The Bertz CT molecular complexity index is 410. The van der Waals surface area contributed by atoms with Crippen molar-refractivity contribution in [2.75, 3.05) is 20.6 Å². The van der Waals surface area contributed by atoms with E-state index < -0.39 is 0 Å². The van der Waals surface area contributed by atoms with Crippen LogP contribution in [0, 0.1) is 0 Å². The van der Waals surface area contributed by atoms with Crippen molar-refractivity contribution in [1.29, 1.82) is 0 Å². The molecule has 0 fully saturated rings. The predicted octanol–water partition coefficient (Wildman–Crippen LogP) is 8.59. The van der Waals surface area contributed by atoms with E-state index in [0.29, 0.717) is 0 Å². The highest BCUT2D eigenvalue weighted by Gasteiger charge is 2.15. The molecule has 2 heteroatoms. The summed E-state index contributed by atoms with van der Waals surface area (Å²) in [5.74, 6) is 0. The van der Waals surface area contributed by atoms with Crippen LogP contribution in [-0.2, 0) is 6.54 Å². The molecule has 0 aliphatic heterocycles.